The zero-order valence-electron chi connectivity index (χ0n) is 22.2. The van der Waals surface area contributed by atoms with Crippen LogP contribution in [0.3, 0.4) is 0 Å². The molecule has 202 valence electrons. The highest BCUT2D eigenvalue weighted by atomic mass is 35.5. The Morgan fingerprint density at radius 3 is 2.58 bits per heavy atom. The number of amides is 2. The van der Waals surface area contributed by atoms with Crippen LogP contribution in [-0.4, -0.2) is 54.5 Å². The average Bonchev–Trinajstić information content (AvgIpc) is 3.00. The molecular formula is C30H36Cl2N4O2. The first-order valence-corrected chi connectivity index (χ1v) is 14.0. The molecule has 0 saturated carbocycles. The normalized spacial score (nSPS) is 18.2. The van der Waals surface area contributed by atoms with E-state index in [-0.39, 0.29) is 23.9 Å². The lowest BCUT2D eigenvalue weighted by molar-refractivity contribution is -0.133. The van der Waals surface area contributed by atoms with Gasteiger partial charge in [0.15, 0.2) is 0 Å². The molecule has 0 aromatic heterocycles. The Morgan fingerprint density at radius 1 is 1.05 bits per heavy atom. The molecule has 4 rings (SSSR count). The highest BCUT2D eigenvalue weighted by Crippen LogP contribution is 2.21. The van der Waals surface area contributed by atoms with E-state index in [2.05, 4.69) is 35.9 Å². The lowest BCUT2D eigenvalue weighted by Gasteiger charge is -2.25. The molecule has 1 aliphatic rings. The quantitative estimate of drug-likeness (QED) is 0.334. The van der Waals surface area contributed by atoms with Crippen LogP contribution in [0.1, 0.15) is 48.2 Å². The third-order valence-electron chi connectivity index (χ3n) is 6.83. The molecule has 1 fully saturated rings. The molecule has 1 saturated heterocycles. The smallest absolute Gasteiger partial charge is 0.251 e. The van der Waals surface area contributed by atoms with Crippen LogP contribution in [0, 0.1) is 6.92 Å². The van der Waals surface area contributed by atoms with Gasteiger partial charge in [-0.05, 0) is 84.6 Å². The molecule has 38 heavy (non-hydrogen) atoms. The van der Waals surface area contributed by atoms with E-state index in [1.54, 1.807) is 0 Å². The zero-order valence-corrected chi connectivity index (χ0v) is 23.7. The summed E-state index contributed by atoms with van der Waals surface area (Å²) in [5.41, 5.74) is 2.69. The standard InChI is InChI=1S/C30H36Cl2N4O2/c1-19(2)33-10-8-28-30(38)36(18-21-12-20(3)13-26(32)14-21)11-9-27(35-28)17-34-29(37)24-5-4-23-16-25(31)7-6-22(23)15-24/h4-7,12-16,19,27-28,33,35H,8-11,17-18H2,1-3H3,(H,34,37). The van der Waals surface area contributed by atoms with Crippen LogP contribution in [-0.2, 0) is 11.3 Å². The molecular weight excluding hydrogens is 519 g/mol. The highest BCUT2D eigenvalue weighted by molar-refractivity contribution is 6.31. The first-order valence-electron chi connectivity index (χ1n) is 13.2. The van der Waals surface area contributed by atoms with Crippen molar-refractivity contribution >= 4 is 45.8 Å². The number of fused-ring (bicyclic) bond motifs is 1. The van der Waals surface area contributed by atoms with E-state index < -0.39 is 0 Å². The summed E-state index contributed by atoms with van der Waals surface area (Å²) in [6, 6.07) is 17.1. The maximum absolute atomic E-state index is 13.6. The Labute approximate surface area is 235 Å². The highest BCUT2D eigenvalue weighted by Gasteiger charge is 2.31. The topological polar surface area (TPSA) is 73.5 Å². The predicted molar refractivity (Wildman–Crippen MR) is 156 cm³/mol. The second kappa shape index (κ2) is 12.9. The minimum Gasteiger partial charge on any atom is -0.350 e. The molecule has 0 aliphatic carbocycles. The SMILES string of the molecule is Cc1cc(Cl)cc(CN2CCC(CNC(=O)c3ccc4cc(Cl)ccc4c3)NC(CCNC(C)C)C2=O)c1. The van der Waals surface area contributed by atoms with Crippen LogP contribution in [0.5, 0.6) is 0 Å². The van der Waals surface area contributed by atoms with E-state index >= 15 is 0 Å². The van der Waals surface area contributed by atoms with Gasteiger partial charge in [-0.25, -0.2) is 0 Å². The Kier molecular flexibility index (Phi) is 9.66. The molecule has 8 heteroatoms. The molecule has 3 aromatic rings. The van der Waals surface area contributed by atoms with Gasteiger partial charge in [0.2, 0.25) is 5.91 Å². The van der Waals surface area contributed by atoms with Gasteiger partial charge in [-0.2, -0.15) is 0 Å². The molecule has 3 N–H and O–H groups in total. The number of aryl methyl sites for hydroxylation is 1. The van der Waals surface area contributed by atoms with Crippen molar-refractivity contribution in [1.82, 2.24) is 20.9 Å². The Hall–Kier alpha value is -2.64. The number of hydrogen-bond acceptors (Lipinski definition) is 4. The molecule has 1 heterocycles. The monoisotopic (exact) mass is 554 g/mol. The molecule has 2 amide bonds. The summed E-state index contributed by atoms with van der Waals surface area (Å²) in [6.45, 7) is 8.46. The number of nitrogens with zero attached hydrogens (tertiary/aromatic N) is 1. The van der Waals surface area contributed by atoms with Gasteiger partial charge in [0.1, 0.15) is 0 Å². The van der Waals surface area contributed by atoms with Crippen LogP contribution in [0.25, 0.3) is 10.8 Å². The zero-order chi connectivity index (χ0) is 27.2. The van der Waals surface area contributed by atoms with Gasteiger partial charge in [-0.1, -0.05) is 55.2 Å². The first-order chi connectivity index (χ1) is 18.2. The minimum absolute atomic E-state index is 0.0303. The van der Waals surface area contributed by atoms with Crippen LogP contribution in [0.4, 0.5) is 0 Å². The van der Waals surface area contributed by atoms with Crippen LogP contribution in [0.2, 0.25) is 10.0 Å². The van der Waals surface area contributed by atoms with Crippen molar-refractivity contribution in [3.05, 3.63) is 81.3 Å². The fourth-order valence-corrected chi connectivity index (χ4v) is 5.41. The van der Waals surface area contributed by atoms with E-state index in [0.29, 0.717) is 47.7 Å². The molecule has 6 nitrogen and oxygen atoms in total. The number of halogens is 2. The molecule has 0 radical (unpaired) electrons. The van der Waals surface area contributed by atoms with Crippen LogP contribution < -0.4 is 16.0 Å². The summed E-state index contributed by atoms with van der Waals surface area (Å²) in [7, 11) is 0. The predicted octanol–water partition coefficient (Wildman–Crippen LogP) is 5.33. The van der Waals surface area contributed by atoms with Crippen LogP contribution >= 0.6 is 23.2 Å². The number of carbonyl (C=O) groups excluding carboxylic acids is 2. The van der Waals surface area contributed by atoms with E-state index in [9.17, 15) is 9.59 Å². The number of carbonyl (C=O) groups is 2. The van der Waals surface area contributed by atoms with E-state index in [0.717, 1.165) is 34.9 Å². The van der Waals surface area contributed by atoms with Crippen molar-refractivity contribution in [2.75, 3.05) is 19.6 Å². The largest absolute Gasteiger partial charge is 0.350 e. The summed E-state index contributed by atoms with van der Waals surface area (Å²) in [5.74, 6) is -0.0568. The molecule has 0 bridgehead atoms. The van der Waals surface area contributed by atoms with Crippen molar-refractivity contribution in [3.63, 3.8) is 0 Å². The minimum atomic E-state index is -0.337. The van der Waals surface area contributed by atoms with Crippen molar-refractivity contribution in [2.24, 2.45) is 0 Å². The Morgan fingerprint density at radius 2 is 1.82 bits per heavy atom. The van der Waals surface area contributed by atoms with E-state index in [1.807, 2.05) is 60.4 Å². The fourth-order valence-electron chi connectivity index (χ4n) is 4.92. The molecule has 2 atom stereocenters. The molecule has 2 unspecified atom stereocenters. The van der Waals surface area contributed by atoms with Gasteiger partial charge in [-0.3, -0.25) is 9.59 Å². The van der Waals surface area contributed by atoms with Crippen molar-refractivity contribution in [3.8, 4) is 0 Å². The van der Waals surface area contributed by atoms with Gasteiger partial charge in [0.25, 0.3) is 5.91 Å². The van der Waals surface area contributed by atoms with E-state index in [4.69, 9.17) is 23.2 Å². The van der Waals surface area contributed by atoms with Gasteiger partial charge in [0.05, 0.1) is 6.04 Å². The lowest BCUT2D eigenvalue weighted by atomic mass is 10.1. The number of hydrogen-bond donors (Lipinski definition) is 3. The van der Waals surface area contributed by atoms with Crippen molar-refractivity contribution in [2.45, 2.75) is 58.3 Å². The van der Waals surface area contributed by atoms with Gasteiger partial charge < -0.3 is 20.9 Å². The maximum Gasteiger partial charge on any atom is 0.251 e. The summed E-state index contributed by atoms with van der Waals surface area (Å²) < 4.78 is 0. The molecule has 0 spiro atoms. The maximum atomic E-state index is 13.6. The van der Waals surface area contributed by atoms with E-state index in [1.165, 1.54) is 0 Å². The Balaban J connectivity index is 1.43. The second-order valence-electron chi connectivity index (χ2n) is 10.4. The lowest BCUT2D eigenvalue weighted by Crippen LogP contribution is -2.49. The molecule has 1 aliphatic heterocycles. The van der Waals surface area contributed by atoms with Crippen LogP contribution in [0.15, 0.2) is 54.6 Å². The summed E-state index contributed by atoms with van der Waals surface area (Å²) in [4.78, 5) is 28.4. The first kappa shape index (κ1) is 28.4. The number of benzene rings is 3. The number of rotatable bonds is 9. The summed E-state index contributed by atoms with van der Waals surface area (Å²) in [5, 5.41) is 13.3. The summed E-state index contributed by atoms with van der Waals surface area (Å²) in [6.07, 6.45) is 1.40. The van der Waals surface area contributed by atoms with Crippen molar-refractivity contribution < 1.29 is 9.59 Å². The fraction of sp³-hybridized carbons (Fsp3) is 0.400. The van der Waals surface area contributed by atoms with Gasteiger partial charge in [-0.15, -0.1) is 0 Å². The summed E-state index contributed by atoms with van der Waals surface area (Å²) >= 11 is 12.4. The molecule has 3 aromatic carbocycles. The van der Waals surface area contributed by atoms with Gasteiger partial charge in [0, 0.05) is 47.3 Å². The van der Waals surface area contributed by atoms with Crippen molar-refractivity contribution in [1.29, 1.82) is 0 Å². The third-order valence-corrected chi connectivity index (χ3v) is 7.28. The number of nitrogens with one attached hydrogen (secondary N) is 3. The van der Waals surface area contributed by atoms with Gasteiger partial charge >= 0.3 is 0 Å². The average molecular weight is 556 g/mol. The third kappa shape index (κ3) is 7.70. The Bertz CT molecular complexity index is 1280. The second-order valence-corrected chi connectivity index (χ2v) is 11.3.